The van der Waals surface area contributed by atoms with Gasteiger partial charge in [-0.05, 0) is 30.6 Å². The van der Waals surface area contributed by atoms with Crippen LogP contribution in [-0.2, 0) is 4.74 Å². The second-order valence-corrected chi connectivity index (χ2v) is 3.04. The fraction of sp³-hybridized carbons (Fsp3) is 0.857. The molecule has 45 valence electrons. The maximum Gasteiger partial charge on any atom is 0.0869 e. The van der Waals surface area contributed by atoms with Crippen LogP contribution >= 0.6 is 0 Å². The molecule has 0 aromatic carbocycles. The topological polar surface area (TPSA) is 9.23 Å². The van der Waals surface area contributed by atoms with Gasteiger partial charge in [-0.1, -0.05) is 0 Å². The molecule has 0 aromatic heterocycles. The molecule has 2 aliphatic rings. The van der Waals surface area contributed by atoms with Crippen LogP contribution in [-0.4, -0.2) is 7.11 Å². The molecule has 1 nitrogen and oxygen atoms in total. The minimum Gasteiger partial charge on any atom is -0.378 e. The molecule has 1 spiro atoms. The summed E-state index contributed by atoms with van der Waals surface area (Å²) in [5, 5.41) is 0. The Bertz CT molecular complexity index is 105. The van der Waals surface area contributed by atoms with Gasteiger partial charge in [-0.15, -0.1) is 0 Å². The molecule has 2 aliphatic carbocycles. The first-order valence-corrected chi connectivity index (χ1v) is 3.23. The number of methoxy groups -OCH3 is 1. The summed E-state index contributed by atoms with van der Waals surface area (Å²) in [6, 6.07) is 0. The first-order valence-electron chi connectivity index (χ1n) is 3.23. The lowest BCUT2D eigenvalue weighted by Crippen LogP contribution is -1.83. The summed E-state index contributed by atoms with van der Waals surface area (Å²) in [5.74, 6) is 0.826. The van der Waals surface area contributed by atoms with Gasteiger partial charge in [0.1, 0.15) is 0 Å². The van der Waals surface area contributed by atoms with E-state index in [4.69, 9.17) is 4.74 Å². The molecule has 0 aliphatic heterocycles. The number of ether oxygens (including phenoxy) is 1. The van der Waals surface area contributed by atoms with Crippen molar-refractivity contribution in [1.29, 1.82) is 0 Å². The standard InChI is InChI=1S/C7H11O/c1-8-5-6-4-7(6)2-3-7/h5-6H,2-4H2,1H3. The quantitative estimate of drug-likeness (QED) is 0.526. The molecule has 0 bridgehead atoms. The van der Waals surface area contributed by atoms with Crippen LogP contribution in [0.15, 0.2) is 0 Å². The Balaban J connectivity index is 1.80. The highest BCUT2D eigenvalue weighted by Crippen LogP contribution is 2.71. The van der Waals surface area contributed by atoms with Crippen molar-refractivity contribution >= 4 is 0 Å². The van der Waals surface area contributed by atoms with E-state index in [0.717, 1.165) is 11.3 Å². The second-order valence-electron chi connectivity index (χ2n) is 3.04. The van der Waals surface area contributed by atoms with Crippen LogP contribution in [0.2, 0.25) is 0 Å². The van der Waals surface area contributed by atoms with E-state index in [0.29, 0.717) is 0 Å². The molecule has 0 saturated heterocycles. The van der Waals surface area contributed by atoms with E-state index in [-0.39, 0.29) is 0 Å². The summed E-state index contributed by atoms with van der Waals surface area (Å²) in [6.45, 7) is 1.99. The van der Waals surface area contributed by atoms with Crippen molar-refractivity contribution < 1.29 is 4.74 Å². The highest BCUT2D eigenvalue weighted by molar-refractivity contribution is 5.14. The summed E-state index contributed by atoms with van der Waals surface area (Å²) in [6.07, 6.45) is 4.32. The van der Waals surface area contributed by atoms with Crippen molar-refractivity contribution in [2.24, 2.45) is 11.3 Å². The monoisotopic (exact) mass is 111 g/mol. The third-order valence-electron chi connectivity index (χ3n) is 2.45. The highest BCUT2D eigenvalue weighted by atomic mass is 16.5. The third kappa shape index (κ3) is 0.510. The summed E-state index contributed by atoms with van der Waals surface area (Å²) in [5.41, 5.74) is 0.788. The lowest BCUT2D eigenvalue weighted by atomic mass is 10.3. The normalized spacial score (nSPS) is 37.9. The minimum absolute atomic E-state index is 0.788. The molecular weight excluding hydrogens is 100 g/mol. The van der Waals surface area contributed by atoms with Gasteiger partial charge in [0.2, 0.25) is 0 Å². The number of hydrogen-bond acceptors (Lipinski definition) is 1. The van der Waals surface area contributed by atoms with Crippen LogP contribution in [0.1, 0.15) is 19.3 Å². The van der Waals surface area contributed by atoms with Gasteiger partial charge < -0.3 is 4.74 Å². The average molecular weight is 111 g/mol. The maximum absolute atomic E-state index is 4.92. The molecular formula is C7H11O. The lowest BCUT2D eigenvalue weighted by Gasteiger charge is -1.90. The Labute approximate surface area is 50.0 Å². The Morgan fingerprint density at radius 1 is 1.62 bits per heavy atom. The fourth-order valence-electron chi connectivity index (χ4n) is 1.47. The van der Waals surface area contributed by atoms with Gasteiger partial charge in [0.25, 0.3) is 0 Å². The Morgan fingerprint density at radius 2 is 2.38 bits per heavy atom. The molecule has 2 rings (SSSR count). The summed E-state index contributed by atoms with van der Waals surface area (Å²) in [4.78, 5) is 0. The first kappa shape index (κ1) is 4.80. The van der Waals surface area contributed by atoms with Crippen LogP contribution in [0.25, 0.3) is 0 Å². The van der Waals surface area contributed by atoms with Gasteiger partial charge in [0.15, 0.2) is 0 Å². The lowest BCUT2D eigenvalue weighted by molar-refractivity contribution is 0.252. The van der Waals surface area contributed by atoms with E-state index in [9.17, 15) is 0 Å². The fourth-order valence-corrected chi connectivity index (χ4v) is 1.47. The molecule has 2 fully saturated rings. The molecule has 0 N–H and O–H groups in total. The van der Waals surface area contributed by atoms with E-state index in [1.807, 2.05) is 6.61 Å². The van der Waals surface area contributed by atoms with E-state index in [1.54, 1.807) is 7.11 Å². The minimum atomic E-state index is 0.788. The summed E-state index contributed by atoms with van der Waals surface area (Å²) < 4.78 is 4.92. The highest BCUT2D eigenvalue weighted by Gasteiger charge is 2.62. The van der Waals surface area contributed by atoms with Gasteiger partial charge in [0, 0.05) is 7.11 Å². The van der Waals surface area contributed by atoms with Gasteiger partial charge in [-0.25, -0.2) is 0 Å². The molecule has 1 radical (unpaired) electrons. The molecule has 0 heterocycles. The van der Waals surface area contributed by atoms with Crippen LogP contribution in [0.4, 0.5) is 0 Å². The van der Waals surface area contributed by atoms with Crippen LogP contribution in [0, 0.1) is 17.9 Å². The van der Waals surface area contributed by atoms with Gasteiger partial charge in [0.05, 0.1) is 6.61 Å². The van der Waals surface area contributed by atoms with E-state index < -0.39 is 0 Å². The average Bonchev–Trinajstić information content (AvgIpc) is 2.57. The van der Waals surface area contributed by atoms with Gasteiger partial charge in [-0.3, -0.25) is 0 Å². The van der Waals surface area contributed by atoms with Crippen LogP contribution in [0.5, 0.6) is 0 Å². The third-order valence-corrected chi connectivity index (χ3v) is 2.45. The van der Waals surface area contributed by atoms with Crippen molar-refractivity contribution in [3.05, 3.63) is 6.61 Å². The SMILES string of the molecule is CO[CH]C1CC12CC2. The van der Waals surface area contributed by atoms with E-state index in [1.165, 1.54) is 19.3 Å². The largest absolute Gasteiger partial charge is 0.378 e. The van der Waals surface area contributed by atoms with Crippen molar-refractivity contribution in [2.45, 2.75) is 19.3 Å². The van der Waals surface area contributed by atoms with Gasteiger partial charge >= 0.3 is 0 Å². The van der Waals surface area contributed by atoms with Crippen molar-refractivity contribution in [3.8, 4) is 0 Å². The summed E-state index contributed by atoms with van der Waals surface area (Å²) >= 11 is 0. The molecule has 8 heavy (non-hydrogen) atoms. The second kappa shape index (κ2) is 1.27. The zero-order valence-corrected chi connectivity index (χ0v) is 5.18. The van der Waals surface area contributed by atoms with E-state index >= 15 is 0 Å². The Kier molecular flexibility index (Phi) is 0.762. The van der Waals surface area contributed by atoms with Crippen molar-refractivity contribution in [3.63, 3.8) is 0 Å². The molecule has 2 saturated carbocycles. The zero-order valence-electron chi connectivity index (χ0n) is 5.18. The van der Waals surface area contributed by atoms with Crippen molar-refractivity contribution in [2.75, 3.05) is 7.11 Å². The Morgan fingerprint density at radius 3 is 2.75 bits per heavy atom. The van der Waals surface area contributed by atoms with Gasteiger partial charge in [-0.2, -0.15) is 0 Å². The molecule has 1 atom stereocenters. The molecule has 0 amide bonds. The van der Waals surface area contributed by atoms with Crippen molar-refractivity contribution in [1.82, 2.24) is 0 Å². The smallest absolute Gasteiger partial charge is 0.0869 e. The maximum atomic E-state index is 4.92. The Hall–Kier alpha value is -0.0400. The first-order chi connectivity index (χ1) is 3.87. The zero-order chi connectivity index (χ0) is 5.61. The van der Waals surface area contributed by atoms with Crippen LogP contribution < -0.4 is 0 Å². The predicted molar refractivity (Wildman–Crippen MR) is 31.1 cm³/mol. The molecule has 1 heteroatoms. The molecule has 1 unspecified atom stereocenters. The summed E-state index contributed by atoms with van der Waals surface area (Å²) in [7, 11) is 1.74. The molecule has 0 aromatic rings. The van der Waals surface area contributed by atoms with Crippen LogP contribution in [0.3, 0.4) is 0 Å². The number of hydrogen-bond donors (Lipinski definition) is 0. The predicted octanol–water partition coefficient (Wildman–Crippen LogP) is 1.59. The number of rotatable bonds is 2. The van der Waals surface area contributed by atoms with E-state index in [2.05, 4.69) is 0 Å².